The molecule has 1 N–H and O–H groups in total. The molecule has 1 aromatic heterocycles. The Morgan fingerprint density at radius 3 is 2.88 bits per heavy atom. The fourth-order valence-electron chi connectivity index (χ4n) is 3.13. The Kier molecular flexibility index (Phi) is 5.29. The molecule has 3 rings (SSSR count). The summed E-state index contributed by atoms with van der Waals surface area (Å²) in [5, 5.41) is 3.69. The first-order valence-corrected chi connectivity index (χ1v) is 10.9. The monoisotopic (exact) mass is 384 g/mol. The van der Waals surface area contributed by atoms with Crippen LogP contribution in [-0.2, 0) is 16.4 Å². The summed E-state index contributed by atoms with van der Waals surface area (Å²) in [6, 6.07) is 6.00. The Morgan fingerprint density at radius 2 is 2.20 bits per heavy atom. The number of sulfone groups is 1. The number of rotatable bonds is 5. The van der Waals surface area contributed by atoms with Crippen molar-refractivity contribution < 1.29 is 17.6 Å². The normalized spacial score (nSPS) is 19.2. The van der Waals surface area contributed by atoms with Gasteiger partial charge in [-0.05, 0) is 42.5 Å². The Balaban J connectivity index is 1.66. The number of benzene rings is 1. The van der Waals surface area contributed by atoms with Crippen molar-refractivity contribution in [2.45, 2.75) is 32.4 Å². The van der Waals surface area contributed by atoms with Crippen LogP contribution in [0, 0.1) is 5.82 Å². The summed E-state index contributed by atoms with van der Waals surface area (Å²) in [6.45, 7) is 2.84. The molecule has 5 nitrogen and oxygen atoms in total. The third-order valence-corrected chi connectivity index (χ3v) is 7.18. The molecular weight excluding hydrogens is 363 g/mol. The number of hydrogen-bond acceptors (Lipinski definition) is 4. The number of amides is 2. The molecule has 0 saturated carbocycles. The Bertz CT molecular complexity index is 879. The van der Waals surface area contributed by atoms with Crippen LogP contribution in [0.5, 0.6) is 0 Å². The van der Waals surface area contributed by atoms with E-state index in [4.69, 9.17) is 0 Å². The lowest BCUT2D eigenvalue weighted by Gasteiger charge is -2.28. The first-order chi connectivity index (χ1) is 11.9. The largest absolute Gasteiger partial charge is 0.333 e. The van der Waals surface area contributed by atoms with Gasteiger partial charge < -0.3 is 10.2 Å². The van der Waals surface area contributed by atoms with E-state index in [1.54, 1.807) is 11.0 Å². The third kappa shape index (κ3) is 4.30. The van der Waals surface area contributed by atoms with E-state index in [0.29, 0.717) is 19.5 Å². The van der Waals surface area contributed by atoms with Crippen molar-refractivity contribution in [2.24, 2.45) is 0 Å². The first kappa shape index (κ1) is 18.1. The molecule has 0 aliphatic carbocycles. The lowest BCUT2D eigenvalue weighted by molar-refractivity contribution is 0.180. The maximum absolute atomic E-state index is 13.3. The minimum Gasteiger partial charge on any atom is -0.333 e. The van der Waals surface area contributed by atoms with Gasteiger partial charge in [-0.25, -0.2) is 17.6 Å². The minimum atomic E-state index is -3.04. The second-order valence-electron chi connectivity index (χ2n) is 6.30. The van der Waals surface area contributed by atoms with Crippen molar-refractivity contribution in [1.29, 1.82) is 0 Å². The van der Waals surface area contributed by atoms with E-state index in [0.717, 1.165) is 21.4 Å². The van der Waals surface area contributed by atoms with Crippen LogP contribution in [0.4, 0.5) is 9.18 Å². The number of urea groups is 1. The maximum Gasteiger partial charge on any atom is 0.317 e. The zero-order valence-electron chi connectivity index (χ0n) is 14.0. The Morgan fingerprint density at radius 1 is 1.40 bits per heavy atom. The molecule has 1 unspecified atom stereocenters. The number of thiophene rings is 1. The van der Waals surface area contributed by atoms with Gasteiger partial charge in [0, 0.05) is 22.2 Å². The van der Waals surface area contributed by atoms with Crippen LogP contribution in [0.2, 0.25) is 0 Å². The van der Waals surface area contributed by atoms with Crippen LogP contribution in [-0.4, -0.2) is 43.4 Å². The SMILES string of the molecule is CCCN(C(=O)NCc1cc2cc(F)ccc2s1)C1CCS(=O)(=O)C1. The van der Waals surface area contributed by atoms with Crippen molar-refractivity contribution in [1.82, 2.24) is 10.2 Å². The van der Waals surface area contributed by atoms with Gasteiger partial charge in [0.05, 0.1) is 18.1 Å². The molecule has 0 bridgehead atoms. The van der Waals surface area contributed by atoms with E-state index < -0.39 is 9.84 Å². The van der Waals surface area contributed by atoms with Crippen LogP contribution in [0.25, 0.3) is 10.1 Å². The smallest absolute Gasteiger partial charge is 0.317 e. The van der Waals surface area contributed by atoms with Gasteiger partial charge >= 0.3 is 6.03 Å². The van der Waals surface area contributed by atoms with Gasteiger partial charge in [-0.2, -0.15) is 0 Å². The first-order valence-electron chi connectivity index (χ1n) is 8.31. The van der Waals surface area contributed by atoms with E-state index in [9.17, 15) is 17.6 Å². The highest BCUT2D eigenvalue weighted by Crippen LogP contribution is 2.26. The molecule has 25 heavy (non-hydrogen) atoms. The van der Waals surface area contributed by atoms with Gasteiger partial charge in [0.15, 0.2) is 9.84 Å². The molecule has 2 heterocycles. The van der Waals surface area contributed by atoms with E-state index in [1.807, 2.05) is 13.0 Å². The highest BCUT2D eigenvalue weighted by Gasteiger charge is 2.34. The van der Waals surface area contributed by atoms with Crippen molar-refractivity contribution in [2.75, 3.05) is 18.1 Å². The van der Waals surface area contributed by atoms with Gasteiger partial charge in [-0.15, -0.1) is 11.3 Å². The van der Waals surface area contributed by atoms with Gasteiger partial charge in [0.2, 0.25) is 0 Å². The summed E-state index contributed by atoms with van der Waals surface area (Å²) in [5.74, 6) is -0.0900. The zero-order valence-corrected chi connectivity index (χ0v) is 15.6. The lowest BCUT2D eigenvalue weighted by atomic mass is 10.2. The Labute approximate surface area is 150 Å². The van der Waals surface area contributed by atoms with Gasteiger partial charge in [0.1, 0.15) is 5.82 Å². The molecule has 2 amide bonds. The number of nitrogens with zero attached hydrogens (tertiary/aromatic N) is 1. The zero-order chi connectivity index (χ0) is 18.0. The summed E-state index contributed by atoms with van der Waals surface area (Å²) in [7, 11) is -3.04. The quantitative estimate of drug-likeness (QED) is 0.861. The summed E-state index contributed by atoms with van der Waals surface area (Å²) in [5.41, 5.74) is 0. The average molecular weight is 384 g/mol. The lowest BCUT2D eigenvalue weighted by Crippen LogP contribution is -2.46. The van der Waals surface area contributed by atoms with Crippen LogP contribution in [0.1, 0.15) is 24.6 Å². The highest BCUT2D eigenvalue weighted by molar-refractivity contribution is 7.91. The van der Waals surface area contributed by atoms with Crippen LogP contribution < -0.4 is 5.32 Å². The maximum atomic E-state index is 13.3. The van der Waals surface area contributed by atoms with Gasteiger partial charge in [-0.1, -0.05) is 6.92 Å². The number of nitrogens with one attached hydrogen (secondary N) is 1. The molecule has 1 saturated heterocycles. The van der Waals surface area contributed by atoms with Crippen molar-refractivity contribution in [3.05, 3.63) is 35.0 Å². The molecule has 0 spiro atoms. The summed E-state index contributed by atoms with van der Waals surface area (Å²) in [6.07, 6.45) is 1.27. The molecule has 1 fully saturated rings. The van der Waals surface area contributed by atoms with E-state index in [2.05, 4.69) is 5.32 Å². The molecule has 2 aromatic rings. The molecule has 1 aliphatic rings. The van der Waals surface area contributed by atoms with Crippen molar-refractivity contribution in [3.8, 4) is 0 Å². The van der Waals surface area contributed by atoms with E-state index >= 15 is 0 Å². The molecule has 136 valence electrons. The summed E-state index contributed by atoms with van der Waals surface area (Å²) >= 11 is 1.51. The topological polar surface area (TPSA) is 66.5 Å². The predicted octanol–water partition coefficient (Wildman–Crippen LogP) is 3.15. The number of halogens is 1. The molecule has 1 aliphatic heterocycles. The fraction of sp³-hybridized carbons (Fsp3) is 0.471. The molecule has 1 aromatic carbocycles. The standard InChI is InChI=1S/C17H21FN2O3S2/c1-2-6-20(14-5-7-25(22,23)11-14)17(21)19-10-15-9-12-8-13(18)3-4-16(12)24-15/h3-4,8-9,14H,2,5-7,10-11H2,1H3,(H,19,21). The van der Waals surface area contributed by atoms with Crippen LogP contribution in [0.15, 0.2) is 24.3 Å². The van der Waals surface area contributed by atoms with Crippen LogP contribution in [0.3, 0.4) is 0 Å². The minimum absolute atomic E-state index is 0.0442. The predicted molar refractivity (Wildman–Crippen MR) is 98.1 cm³/mol. The number of carbonyl (C=O) groups is 1. The second kappa shape index (κ2) is 7.29. The van der Waals surface area contributed by atoms with Gasteiger partial charge in [-0.3, -0.25) is 0 Å². The highest BCUT2D eigenvalue weighted by atomic mass is 32.2. The fourth-order valence-corrected chi connectivity index (χ4v) is 5.85. The van der Waals surface area contributed by atoms with Gasteiger partial charge in [0.25, 0.3) is 0 Å². The number of carbonyl (C=O) groups excluding carboxylic acids is 1. The van der Waals surface area contributed by atoms with Crippen molar-refractivity contribution >= 4 is 37.3 Å². The van der Waals surface area contributed by atoms with E-state index in [-0.39, 0.29) is 29.4 Å². The molecule has 0 radical (unpaired) electrons. The summed E-state index contributed by atoms with van der Waals surface area (Å²) < 4.78 is 37.6. The molecule has 8 heteroatoms. The van der Waals surface area contributed by atoms with Crippen LogP contribution >= 0.6 is 11.3 Å². The Hall–Kier alpha value is -1.67. The average Bonchev–Trinajstić information content (AvgIpc) is 3.12. The number of hydrogen-bond donors (Lipinski definition) is 1. The molecule has 1 atom stereocenters. The second-order valence-corrected chi connectivity index (χ2v) is 9.70. The van der Waals surface area contributed by atoms with E-state index in [1.165, 1.54) is 23.5 Å². The summed E-state index contributed by atoms with van der Waals surface area (Å²) in [4.78, 5) is 15.1. The molecular formula is C17H21FN2O3S2. The van der Waals surface area contributed by atoms with Crippen molar-refractivity contribution in [3.63, 3.8) is 0 Å². The third-order valence-electron chi connectivity index (χ3n) is 4.32. The number of fused-ring (bicyclic) bond motifs is 1.